The molecular formula is CH4N5NaS. The molecule has 0 atom stereocenters. The monoisotopic (exact) mass is 141 g/mol. The number of nitrogens with two attached hydrogens (primary N) is 1. The van der Waals surface area contributed by atoms with Crippen LogP contribution in [0.15, 0.2) is 5.16 Å². The van der Waals surface area contributed by atoms with E-state index in [0.717, 1.165) is 4.79 Å². The van der Waals surface area contributed by atoms with Gasteiger partial charge in [0.15, 0.2) is 0 Å². The van der Waals surface area contributed by atoms with Gasteiger partial charge in [-0.05, 0) is 10.4 Å². The van der Waals surface area contributed by atoms with Crippen molar-refractivity contribution in [3.8, 4) is 0 Å². The molecule has 1 aromatic rings. The van der Waals surface area contributed by atoms with E-state index in [-0.39, 0.29) is 29.6 Å². The molecule has 40 valence electrons. The summed E-state index contributed by atoms with van der Waals surface area (Å²) in [5.41, 5.74) is 0. The normalized spacial score (nSPS) is 8.12. The molecule has 8 heavy (non-hydrogen) atoms. The Bertz CT molecular complexity index is 145. The number of rotatable bonds is 0. The van der Waals surface area contributed by atoms with Crippen molar-refractivity contribution in [2.75, 3.05) is 5.84 Å². The minimum atomic E-state index is 0. The molecule has 0 spiro atoms. The van der Waals surface area contributed by atoms with Gasteiger partial charge in [0.1, 0.15) is 0 Å². The van der Waals surface area contributed by atoms with Crippen molar-refractivity contribution in [3.63, 3.8) is 0 Å². The van der Waals surface area contributed by atoms with Crippen molar-refractivity contribution in [2.45, 2.75) is 5.16 Å². The summed E-state index contributed by atoms with van der Waals surface area (Å²) in [6.45, 7) is 0. The predicted molar refractivity (Wildman–Crippen MR) is 32.4 cm³/mol. The Kier molecular flexibility index (Phi) is 3.38. The Morgan fingerprint density at radius 2 is 2.25 bits per heavy atom. The Balaban J connectivity index is 0.000000490. The third kappa shape index (κ3) is 1.62. The summed E-state index contributed by atoms with van der Waals surface area (Å²) in [6, 6.07) is 0. The molecule has 0 saturated heterocycles. The van der Waals surface area contributed by atoms with E-state index < -0.39 is 0 Å². The van der Waals surface area contributed by atoms with Gasteiger partial charge in [0, 0.05) is 0 Å². The summed E-state index contributed by atoms with van der Waals surface area (Å²) in [4.78, 5) is 0.975. The summed E-state index contributed by atoms with van der Waals surface area (Å²) >= 11 is 3.75. The zero-order valence-electron chi connectivity index (χ0n) is 3.31. The second-order valence-electron chi connectivity index (χ2n) is 0.923. The van der Waals surface area contributed by atoms with Gasteiger partial charge in [0.25, 0.3) is 0 Å². The fourth-order valence-corrected chi connectivity index (χ4v) is 0.269. The van der Waals surface area contributed by atoms with Gasteiger partial charge in [-0.25, -0.2) is 0 Å². The summed E-state index contributed by atoms with van der Waals surface area (Å²) in [5.74, 6) is 5.04. The van der Waals surface area contributed by atoms with E-state index in [1.165, 1.54) is 0 Å². The van der Waals surface area contributed by atoms with E-state index in [4.69, 9.17) is 5.84 Å². The molecule has 0 saturated carbocycles. The standard InChI is InChI=1S/CH3N5S.Na.H/c2-6-1(7)3-4-5-6;;/h2H2,(H,3,5,7);;. The van der Waals surface area contributed by atoms with Crippen LogP contribution in [0.2, 0.25) is 0 Å². The molecule has 0 aromatic carbocycles. The van der Waals surface area contributed by atoms with Crippen LogP contribution in [0.25, 0.3) is 0 Å². The molecule has 0 fully saturated rings. The second-order valence-corrected chi connectivity index (χ2v) is 1.32. The van der Waals surface area contributed by atoms with E-state index >= 15 is 0 Å². The van der Waals surface area contributed by atoms with Crippen molar-refractivity contribution in [1.82, 2.24) is 20.3 Å². The Morgan fingerprint density at radius 3 is 2.38 bits per heavy atom. The van der Waals surface area contributed by atoms with E-state index in [0.29, 0.717) is 5.16 Å². The number of hydrogen-bond donors (Lipinski definition) is 2. The molecule has 2 N–H and O–H groups in total. The average Bonchev–Trinajstić information content (AvgIpc) is 1.91. The SMILES string of the molecule is Nn1nnnc1S.[NaH]. The Hall–Kier alpha value is 0.220. The molecule has 0 radical (unpaired) electrons. The average molecular weight is 141 g/mol. The van der Waals surface area contributed by atoms with Crippen LogP contribution in [0.5, 0.6) is 0 Å². The maximum atomic E-state index is 5.04. The van der Waals surface area contributed by atoms with Crippen LogP contribution in [0, 0.1) is 0 Å². The molecule has 7 heteroatoms. The van der Waals surface area contributed by atoms with Gasteiger partial charge in [-0.1, -0.05) is 17.7 Å². The molecule has 0 aliphatic rings. The molecule has 1 aromatic heterocycles. The third-order valence-corrected chi connectivity index (χ3v) is 0.770. The van der Waals surface area contributed by atoms with Crippen LogP contribution < -0.4 is 5.84 Å². The number of aromatic nitrogens is 4. The molecule has 0 unspecified atom stereocenters. The van der Waals surface area contributed by atoms with Gasteiger partial charge >= 0.3 is 29.6 Å². The predicted octanol–water partition coefficient (Wildman–Crippen LogP) is -1.97. The van der Waals surface area contributed by atoms with Crippen LogP contribution in [0.3, 0.4) is 0 Å². The molecule has 1 rings (SSSR count). The molecule has 0 bridgehead atoms. The van der Waals surface area contributed by atoms with Crippen LogP contribution in [0.4, 0.5) is 0 Å². The number of nitrogen functional groups attached to an aromatic ring is 1. The summed E-state index contributed by atoms with van der Waals surface area (Å²) in [5, 5.41) is 10.1. The first kappa shape index (κ1) is 8.22. The summed E-state index contributed by atoms with van der Waals surface area (Å²) < 4.78 is 0. The van der Waals surface area contributed by atoms with Crippen molar-refractivity contribution in [3.05, 3.63) is 0 Å². The Morgan fingerprint density at radius 1 is 1.62 bits per heavy atom. The van der Waals surface area contributed by atoms with Gasteiger partial charge in [-0.3, -0.25) is 0 Å². The summed E-state index contributed by atoms with van der Waals surface area (Å²) in [6.07, 6.45) is 0. The second kappa shape index (κ2) is 3.29. The van der Waals surface area contributed by atoms with Crippen LogP contribution in [-0.2, 0) is 0 Å². The van der Waals surface area contributed by atoms with E-state index in [9.17, 15) is 0 Å². The van der Waals surface area contributed by atoms with Gasteiger partial charge in [0.05, 0.1) is 0 Å². The van der Waals surface area contributed by atoms with Crippen molar-refractivity contribution >= 4 is 42.2 Å². The topological polar surface area (TPSA) is 69.6 Å². The first-order valence-corrected chi connectivity index (χ1v) is 1.98. The molecular weight excluding hydrogens is 137 g/mol. The molecule has 0 aliphatic heterocycles. The molecule has 5 nitrogen and oxygen atoms in total. The first-order valence-electron chi connectivity index (χ1n) is 1.53. The summed E-state index contributed by atoms with van der Waals surface area (Å²) in [7, 11) is 0. The fraction of sp³-hybridized carbons (Fsp3) is 0. The fourth-order valence-electron chi connectivity index (χ4n) is 0.189. The zero-order chi connectivity index (χ0) is 5.28. The van der Waals surface area contributed by atoms with E-state index in [1.807, 2.05) is 0 Å². The van der Waals surface area contributed by atoms with Crippen LogP contribution >= 0.6 is 12.6 Å². The van der Waals surface area contributed by atoms with Crippen molar-refractivity contribution < 1.29 is 0 Å². The van der Waals surface area contributed by atoms with Crippen molar-refractivity contribution in [2.24, 2.45) is 0 Å². The van der Waals surface area contributed by atoms with Gasteiger partial charge in [-0.15, -0.1) is 4.79 Å². The number of tetrazole rings is 1. The molecule has 0 aliphatic carbocycles. The van der Waals surface area contributed by atoms with E-state index in [1.54, 1.807) is 0 Å². The van der Waals surface area contributed by atoms with Crippen LogP contribution in [0.1, 0.15) is 0 Å². The van der Waals surface area contributed by atoms with Gasteiger partial charge in [0.2, 0.25) is 5.16 Å². The van der Waals surface area contributed by atoms with Gasteiger partial charge < -0.3 is 5.84 Å². The zero-order valence-corrected chi connectivity index (χ0v) is 4.21. The van der Waals surface area contributed by atoms with Crippen LogP contribution in [-0.4, -0.2) is 49.9 Å². The Labute approximate surface area is 73.3 Å². The molecule has 0 amide bonds. The third-order valence-electron chi connectivity index (χ3n) is 0.475. The van der Waals surface area contributed by atoms with E-state index in [2.05, 4.69) is 28.2 Å². The minimum absolute atomic E-state index is 0. The number of nitrogens with zero attached hydrogens (tertiary/aromatic N) is 4. The molecule has 1 heterocycles. The number of thiol groups is 1. The maximum absolute atomic E-state index is 5.04. The number of hydrogen-bond acceptors (Lipinski definition) is 5. The van der Waals surface area contributed by atoms with Gasteiger partial charge in [-0.2, -0.15) is 0 Å². The van der Waals surface area contributed by atoms with Crippen molar-refractivity contribution in [1.29, 1.82) is 0 Å². The first-order chi connectivity index (χ1) is 3.30. The quantitative estimate of drug-likeness (QED) is 0.250.